The number of amides is 1. The molecule has 1 aromatic carbocycles. The number of aryl methyl sites for hydroxylation is 1. The standard InChI is InChI=1S/C17H18BrFN4O3S/c1-4-23-9-11(8-14(23)27(3,25)26)17(15(24)22(2)16(20)21-17)10-5-6-13(19)12(18)7-10/h5-9H,4H2,1-3H3,(H2,20,21). The van der Waals surface area contributed by atoms with Gasteiger partial charge in [0.2, 0.25) is 0 Å². The number of aromatic nitrogens is 1. The molecule has 2 aromatic rings. The van der Waals surface area contributed by atoms with Crippen molar-refractivity contribution in [3.8, 4) is 0 Å². The summed E-state index contributed by atoms with van der Waals surface area (Å²) in [5.74, 6) is -0.954. The first-order valence-electron chi connectivity index (χ1n) is 8.02. The summed E-state index contributed by atoms with van der Waals surface area (Å²) in [5.41, 5.74) is 5.03. The Kier molecular flexibility index (Phi) is 4.67. The Balaban J connectivity index is 2.35. The molecule has 27 heavy (non-hydrogen) atoms. The van der Waals surface area contributed by atoms with E-state index in [9.17, 15) is 17.6 Å². The number of hydrogen-bond acceptors (Lipinski definition) is 5. The van der Waals surface area contributed by atoms with Gasteiger partial charge in [-0.1, -0.05) is 6.07 Å². The van der Waals surface area contributed by atoms with Crippen molar-refractivity contribution in [2.24, 2.45) is 10.7 Å². The van der Waals surface area contributed by atoms with Crippen LogP contribution >= 0.6 is 15.9 Å². The minimum atomic E-state index is -3.53. The maximum atomic E-state index is 13.8. The van der Waals surface area contributed by atoms with Gasteiger partial charge in [0.05, 0.1) is 4.47 Å². The number of carbonyl (C=O) groups is 1. The number of rotatable bonds is 4. The van der Waals surface area contributed by atoms with Crippen LogP contribution in [0, 0.1) is 5.82 Å². The van der Waals surface area contributed by atoms with Gasteiger partial charge >= 0.3 is 0 Å². The predicted octanol–water partition coefficient (Wildman–Crippen LogP) is 1.84. The molecule has 2 N–H and O–H groups in total. The maximum absolute atomic E-state index is 13.8. The number of carbonyl (C=O) groups excluding carboxylic acids is 1. The van der Waals surface area contributed by atoms with Gasteiger partial charge in [0.25, 0.3) is 5.91 Å². The Morgan fingerprint density at radius 1 is 1.30 bits per heavy atom. The molecule has 1 amide bonds. The predicted molar refractivity (Wildman–Crippen MR) is 102 cm³/mol. The average Bonchev–Trinajstić information content (AvgIpc) is 3.13. The fourth-order valence-corrected chi connectivity index (χ4v) is 4.48. The monoisotopic (exact) mass is 456 g/mol. The van der Waals surface area contributed by atoms with Gasteiger partial charge in [-0.3, -0.25) is 9.69 Å². The van der Waals surface area contributed by atoms with Crippen molar-refractivity contribution < 1.29 is 17.6 Å². The van der Waals surface area contributed by atoms with Crippen molar-refractivity contribution in [1.82, 2.24) is 9.47 Å². The van der Waals surface area contributed by atoms with Crippen molar-refractivity contribution in [3.05, 3.63) is 51.9 Å². The highest BCUT2D eigenvalue weighted by Crippen LogP contribution is 2.41. The van der Waals surface area contributed by atoms with Gasteiger partial charge in [-0.2, -0.15) is 0 Å². The second-order valence-electron chi connectivity index (χ2n) is 6.30. The van der Waals surface area contributed by atoms with Gasteiger partial charge in [0.1, 0.15) is 10.8 Å². The van der Waals surface area contributed by atoms with E-state index in [4.69, 9.17) is 5.73 Å². The maximum Gasteiger partial charge on any atom is 0.266 e. The molecule has 1 aliphatic heterocycles. The van der Waals surface area contributed by atoms with Gasteiger partial charge < -0.3 is 10.3 Å². The summed E-state index contributed by atoms with van der Waals surface area (Å²) in [7, 11) is -2.05. The minimum Gasteiger partial charge on any atom is -0.369 e. The minimum absolute atomic E-state index is 0.00870. The smallest absolute Gasteiger partial charge is 0.266 e. The summed E-state index contributed by atoms with van der Waals surface area (Å²) in [6.45, 7) is 2.18. The lowest BCUT2D eigenvalue weighted by atomic mass is 9.84. The lowest BCUT2D eigenvalue weighted by Crippen LogP contribution is -2.41. The molecule has 0 fully saturated rings. The van der Waals surface area contributed by atoms with E-state index in [0.29, 0.717) is 17.7 Å². The van der Waals surface area contributed by atoms with E-state index in [2.05, 4.69) is 20.9 Å². The number of nitrogens with zero attached hydrogens (tertiary/aromatic N) is 3. The first-order chi connectivity index (χ1) is 12.5. The highest BCUT2D eigenvalue weighted by Gasteiger charge is 2.50. The summed E-state index contributed by atoms with van der Waals surface area (Å²) >= 11 is 3.12. The third-order valence-corrected chi connectivity index (χ3v) is 6.29. The quantitative estimate of drug-likeness (QED) is 0.758. The molecule has 0 radical (unpaired) electrons. The molecular formula is C17H18BrFN4O3S. The van der Waals surface area contributed by atoms with Crippen LogP contribution in [0.2, 0.25) is 0 Å². The summed E-state index contributed by atoms with van der Waals surface area (Å²) in [6.07, 6.45) is 2.67. The van der Waals surface area contributed by atoms with Gasteiger partial charge in [-0.05, 0) is 46.6 Å². The van der Waals surface area contributed by atoms with Crippen LogP contribution in [0.3, 0.4) is 0 Å². The Bertz CT molecular complexity index is 1080. The van der Waals surface area contributed by atoms with E-state index in [1.165, 1.54) is 40.8 Å². The molecule has 1 atom stereocenters. The molecule has 0 saturated heterocycles. The van der Waals surface area contributed by atoms with E-state index in [1.54, 1.807) is 13.1 Å². The number of benzene rings is 1. The number of guanidine groups is 1. The second kappa shape index (κ2) is 6.45. The molecule has 7 nitrogen and oxygen atoms in total. The zero-order valence-corrected chi connectivity index (χ0v) is 17.3. The molecule has 2 heterocycles. The molecule has 0 bridgehead atoms. The molecule has 0 saturated carbocycles. The van der Waals surface area contributed by atoms with Gasteiger partial charge in [0, 0.05) is 31.6 Å². The molecule has 1 aromatic heterocycles. The number of sulfone groups is 1. The molecule has 144 valence electrons. The Morgan fingerprint density at radius 3 is 2.41 bits per heavy atom. The summed E-state index contributed by atoms with van der Waals surface area (Å²) in [6, 6.07) is 5.53. The van der Waals surface area contributed by atoms with Gasteiger partial charge in [-0.15, -0.1) is 0 Å². The summed E-state index contributed by atoms with van der Waals surface area (Å²) < 4.78 is 39.8. The van der Waals surface area contributed by atoms with Gasteiger partial charge in [0.15, 0.2) is 21.3 Å². The molecule has 1 aliphatic rings. The molecule has 3 rings (SSSR count). The second-order valence-corrected chi connectivity index (χ2v) is 9.12. The largest absolute Gasteiger partial charge is 0.369 e. The molecule has 0 aliphatic carbocycles. The van der Waals surface area contributed by atoms with Crippen molar-refractivity contribution >= 4 is 37.6 Å². The van der Waals surface area contributed by atoms with Crippen LogP contribution in [0.15, 0.2) is 45.0 Å². The van der Waals surface area contributed by atoms with E-state index in [-0.39, 0.29) is 15.5 Å². The molecule has 1 unspecified atom stereocenters. The van der Waals surface area contributed by atoms with Crippen LogP contribution in [-0.2, 0) is 26.7 Å². The van der Waals surface area contributed by atoms with Crippen LogP contribution in [0.4, 0.5) is 4.39 Å². The number of likely N-dealkylation sites (N-methyl/N-ethyl adjacent to an activating group) is 1. The van der Waals surface area contributed by atoms with E-state index in [0.717, 1.165) is 6.26 Å². The van der Waals surface area contributed by atoms with Crippen LogP contribution in [-0.4, -0.2) is 43.1 Å². The Hall–Kier alpha value is -2.20. The van der Waals surface area contributed by atoms with E-state index < -0.39 is 27.1 Å². The Morgan fingerprint density at radius 2 is 1.96 bits per heavy atom. The first-order valence-corrected chi connectivity index (χ1v) is 10.7. The fourth-order valence-electron chi connectivity index (χ4n) is 3.16. The van der Waals surface area contributed by atoms with Crippen molar-refractivity contribution in [2.75, 3.05) is 13.3 Å². The zero-order valence-electron chi connectivity index (χ0n) is 14.9. The lowest BCUT2D eigenvalue weighted by Gasteiger charge is -2.25. The fraction of sp³-hybridized carbons (Fsp3) is 0.294. The molecule has 0 spiro atoms. The lowest BCUT2D eigenvalue weighted by molar-refractivity contribution is -0.129. The van der Waals surface area contributed by atoms with E-state index >= 15 is 0 Å². The van der Waals surface area contributed by atoms with Crippen molar-refractivity contribution in [2.45, 2.75) is 24.0 Å². The normalized spacial score (nSPS) is 20.3. The van der Waals surface area contributed by atoms with Crippen LogP contribution in [0.1, 0.15) is 18.1 Å². The van der Waals surface area contributed by atoms with Crippen molar-refractivity contribution in [3.63, 3.8) is 0 Å². The number of aliphatic imine (C=N–C) groups is 1. The van der Waals surface area contributed by atoms with Crippen LogP contribution in [0.5, 0.6) is 0 Å². The molecular weight excluding hydrogens is 439 g/mol. The number of halogens is 2. The van der Waals surface area contributed by atoms with Crippen LogP contribution < -0.4 is 5.73 Å². The number of hydrogen-bond donors (Lipinski definition) is 1. The third-order valence-electron chi connectivity index (χ3n) is 4.57. The first kappa shape index (κ1) is 19.6. The topological polar surface area (TPSA) is 97.8 Å². The van der Waals surface area contributed by atoms with Crippen molar-refractivity contribution in [1.29, 1.82) is 0 Å². The summed E-state index contributed by atoms with van der Waals surface area (Å²) in [4.78, 5) is 18.7. The van der Waals surface area contributed by atoms with Crippen LogP contribution in [0.25, 0.3) is 0 Å². The number of nitrogens with two attached hydrogens (primary N) is 1. The third kappa shape index (κ3) is 2.96. The highest BCUT2D eigenvalue weighted by atomic mass is 79.9. The zero-order chi connectivity index (χ0) is 20.1. The summed E-state index contributed by atoms with van der Waals surface area (Å²) in [5, 5.41) is 0.0664. The average molecular weight is 457 g/mol. The van der Waals surface area contributed by atoms with Gasteiger partial charge in [-0.25, -0.2) is 17.8 Å². The van der Waals surface area contributed by atoms with E-state index in [1.807, 2.05) is 0 Å². The Labute approximate surface area is 164 Å². The molecule has 10 heteroatoms. The highest BCUT2D eigenvalue weighted by molar-refractivity contribution is 9.10. The SMILES string of the molecule is CCn1cc(C2(c3ccc(F)c(Br)c3)N=C(N)N(C)C2=O)cc1S(C)(=O)=O.